The summed E-state index contributed by atoms with van der Waals surface area (Å²) < 4.78 is 1.32. The minimum atomic E-state index is -3.14. The molecule has 0 aliphatic carbocycles. The number of carbonyl (C=O) groups excluding carboxylic acids is 3. The van der Waals surface area contributed by atoms with Crippen molar-refractivity contribution in [2.24, 2.45) is 0 Å². The van der Waals surface area contributed by atoms with Gasteiger partial charge in [0.25, 0.3) is 5.72 Å². The first-order valence-electron chi connectivity index (χ1n) is 12.2. The van der Waals surface area contributed by atoms with Crippen LogP contribution in [0, 0.1) is 0 Å². The first-order valence-corrected chi connectivity index (χ1v) is 12.2. The van der Waals surface area contributed by atoms with Gasteiger partial charge in [0.15, 0.2) is 29.7 Å². The second kappa shape index (κ2) is 12.1. The molecule has 7 atom stereocenters. The molecule has 2 fully saturated rings. The van der Waals surface area contributed by atoms with Crippen molar-refractivity contribution < 1.29 is 54.7 Å². The number of carbonyl (C=O) groups is 3. The summed E-state index contributed by atoms with van der Waals surface area (Å²) in [4.78, 5) is 76.4. The summed E-state index contributed by atoms with van der Waals surface area (Å²) >= 11 is 0. The van der Waals surface area contributed by atoms with E-state index in [0.29, 0.717) is 4.68 Å². The minimum absolute atomic E-state index is 0.0270. The summed E-state index contributed by atoms with van der Waals surface area (Å²) in [5.41, 5.74) is 2.59. The van der Waals surface area contributed by atoms with Crippen LogP contribution in [-0.4, -0.2) is 116 Å². The van der Waals surface area contributed by atoms with E-state index in [9.17, 15) is 49.5 Å². The topological polar surface area (TPSA) is 319 Å². The molecule has 236 valence electrons. The first kappa shape index (κ1) is 33.2. The Bertz CT molecular complexity index is 1520. The molecular weight excluding hydrogens is 584 g/mol. The predicted molar refractivity (Wildman–Crippen MR) is 139 cm³/mol. The number of aliphatic hydroxyl groups excluding tert-OH is 4. The van der Waals surface area contributed by atoms with Gasteiger partial charge in [-0.1, -0.05) is 0 Å². The molecular formula is C22H30N8O13. The zero-order valence-electron chi connectivity index (χ0n) is 22.8. The van der Waals surface area contributed by atoms with Crippen LogP contribution in [0.25, 0.3) is 0 Å². The molecule has 0 amide bonds. The Labute approximate surface area is 240 Å². The monoisotopic (exact) mass is 614 g/mol. The lowest BCUT2D eigenvalue weighted by molar-refractivity contribution is -0.182. The lowest BCUT2D eigenvalue weighted by Crippen LogP contribution is -2.71. The van der Waals surface area contributed by atoms with Crippen molar-refractivity contribution in [2.75, 3.05) is 28.4 Å². The smallest absolute Gasteiger partial charge is 0.370 e. The summed E-state index contributed by atoms with van der Waals surface area (Å²) in [5, 5.41) is 60.7. The Kier molecular flexibility index (Phi) is 9.33. The fourth-order valence-corrected chi connectivity index (χ4v) is 4.17. The number of nitrogen functional groups attached to an aromatic ring is 2. The molecule has 10 N–H and O–H groups in total. The van der Waals surface area contributed by atoms with Crippen molar-refractivity contribution in [3.63, 3.8) is 0 Å². The molecule has 43 heavy (non-hydrogen) atoms. The summed E-state index contributed by atoms with van der Waals surface area (Å²) in [5.74, 6) is -3.44. The predicted octanol–water partition coefficient (Wildman–Crippen LogP) is -6.63. The fourth-order valence-electron chi connectivity index (χ4n) is 4.17. The van der Waals surface area contributed by atoms with Gasteiger partial charge in [-0.2, -0.15) is 24.5 Å². The third kappa shape index (κ3) is 5.57. The minimum Gasteiger partial charge on any atom is -0.393 e. The Hall–Kier alpha value is -4.35. The number of anilines is 2. The van der Waals surface area contributed by atoms with Crippen molar-refractivity contribution in [1.82, 2.24) is 19.3 Å². The van der Waals surface area contributed by atoms with Gasteiger partial charge < -0.3 is 42.1 Å². The second-order valence-corrected chi connectivity index (χ2v) is 9.40. The Balaban J connectivity index is 0.000000257. The number of aliphatic hydroxyl groups is 6. The molecule has 4 rings (SSSR count). The maximum atomic E-state index is 12.2. The molecule has 2 saturated heterocycles. The Morgan fingerprint density at radius 2 is 1.47 bits per heavy atom. The van der Waals surface area contributed by atoms with Gasteiger partial charge in [0, 0.05) is 12.4 Å². The van der Waals surface area contributed by atoms with Crippen LogP contribution in [0.15, 0.2) is 34.1 Å². The number of hydrogen-bond donors (Lipinski definition) is 8. The maximum Gasteiger partial charge on any atom is 0.370 e. The van der Waals surface area contributed by atoms with Crippen LogP contribution < -0.4 is 33.2 Å². The van der Waals surface area contributed by atoms with Crippen LogP contribution in [-0.2, 0) is 24.1 Å². The van der Waals surface area contributed by atoms with Gasteiger partial charge in [0.05, 0.1) is 6.61 Å². The maximum absolute atomic E-state index is 12.2. The molecule has 21 nitrogen and oxygen atoms in total. The summed E-state index contributed by atoms with van der Waals surface area (Å²) in [7, 11) is 0. The van der Waals surface area contributed by atoms with E-state index in [0.717, 1.165) is 42.9 Å². The third-order valence-electron chi connectivity index (χ3n) is 6.52. The molecule has 0 bridgehead atoms. The van der Waals surface area contributed by atoms with Gasteiger partial charge in [-0.15, -0.1) is 5.17 Å². The fraction of sp³-hybridized carbons (Fsp3) is 0.500. The number of aromatic nitrogens is 4. The van der Waals surface area contributed by atoms with Crippen molar-refractivity contribution in [3.8, 4) is 0 Å². The Morgan fingerprint density at radius 1 is 0.953 bits per heavy atom. The zero-order chi connectivity index (χ0) is 32.6. The van der Waals surface area contributed by atoms with Gasteiger partial charge in [0.1, 0.15) is 29.9 Å². The standard InChI is InChI=1S/C14H18N4O8.C8H12N4O5/c1-6(19)10(22)11-13(24,7(2)20)14(25,8(3)21)18(26-11)17-5-4-9(15)16-12(17)23;9-5-1-2-11(8(16)10-5)12-7(15)6(14)4(3-13)17-12/h4-5,10-11,22,24-25H,1-3H3,(H2,15,16,23);1-2,4,6-7,13-15H,3H2,(H2,9,10,16)/t10?,11-,13-,14-;4-,6-,7-/m11/s1. The molecule has 0 spiro atoms. The highest BCUT2D eigenvalue weighted by atomic mass is 16.8. The highest BCUT2D eigenvalue weighted by molar-refractivity contribution is 6.00. The molecule has 2 aromatic heterocycles. The lowest BCUT2D eigenvalue weighted by Gasteiger charge is -2.37. The van der Waals surface area contributed by atoms with Gasteiger partial charge in [-0.25, -0.2) is 19.3 Å². The average Bonchev–Trinajstić information content (AvgIpc) is 3.35. The summed E-state index contributed by atoms with van der Waals surface area (Å²) in [6.07, 6.45) is -5.77. The summed E-state index contributed by atoms with van der Waals surface area (Å²) in [6.45, 7) is 2.10. The van der Waals surface area contributed by atoms with E-state index < -0.39 is 77.3 Å². The average molecular weight is 615 g/mol. The van der Waals surface area contributed by atoms with E-state index in [-0.39, 0.29) is 16.8 Å². The number of hydrogen-bond acceptors (Lipinski definition) is 19. The number of nitrogens with zero attached hydrogens (tertiary/aromatic N) is 6. The highest BCUT2D eigenvalue weighted by Gasteiger charge is 2.74. The van der Waals surface area contributed by atoms with Crippen LogP contribution in [0.1, 0.15) is 20.8 Å². The van der Waals surface area contributed by atoms with Crippen LogP contribution in [0.3, 0.4) is 0 Å². The van der Waals surface area contributed by atoms with Crippen LogP contribution in [0.4, 0.5) is 11.6 Å². The second-order valence-electron chi connectivity index (χ2n) is 9.40. The van der Waals surface area contributed by atoms with Gasteiger partial charge in [-0.05, 0) is 32.9 Å². The van der Waals surface area contributed by atoms with Gasteiger partial charge in [0.2, 0.25) is 5.60 Å². The molecule has 2 aliphatic heterocycles. The largest absolute Gasteiger partial charge is 0.393 e. The number of hydroxylamine groups is 2. The normalized spacial score (nSPS) is 29.1. The van der Waals surface area contributed by atoms with Gasteiger partial charge >= 0.3 is 11.4 Å². The van der Waals surface area contributed by atoms with Crippen molar-refractivity contribution in [3.05, 3.63) is 45.5 Å². The third-order valence-corrected chi connectivity index (χ3v) is 6.52. The van der Waals surface area contributed by atoms with E-state index in [1.807, 2.05) is 0 Å². The van der Waals surface area contributed by atoms with Crippen molar-refractivity contribution >= 4 is 29.0 Å². The van der Waals surface area contributed by atoms with E-state index >= 15 is 0 Å². The van der Waals surface area contributed by atoms with Crippen LogP contribution in [0.5, 0.6) is 0 Å². The highest BCUT2D eigenvalue weighted by Crippen LogP contribution is 2.41. The molecule has 0 aromatic carbocycles. The van der Waals surface area contributed by atoms with Crippen LogP contribution >= 0.6 is 0 Å². The molecule has 21 heteroatoms. The van der Waals surface area contributed by atoms with Crippen LogP contribution in [0.2, 0.25) is 0 Å². The van der Waals surface area contributed by atoms with E-state index in [1.54, 1.807) is 0 Å². The first-order chi connectivity index (χ1) is 19.9. The number of rotatable bonds is 7. The van der Waals surface area contributed by atoms with Gasteiger partial charge in [-0.3, -0.25) is 14.4 Å². The molecule has 2 aliphatic rings. The lowest BCUT2D eigenvalue weighted by atomic mass is 9.78. The molecule has 1 unspecified atom stereocenters. The number of ketones is 3. The van der Waals surface area contributed by atoms with Crippen molar-refractivity contribution in [2.45, 2.75) is 62.7 Å². The number of nitrogens with two attached hydrogens (primary N) is 2. The zero-order valence-corrected chi connectivity index (χ0v) is 22.8. The SMILES string of the molecule is CC(=O)C(O)[C@H]1ON(n2ccc(N)nc2=O)[C@@](O)(C(C)=O)[C@@]1(O)C(C)=O.Nc1ccn(N2O[C@H](CO)[C@@H](O)[C@H]2O)c(=O)n1. The molecule has 4 heterocycles. The molecule has 2 aromatic rings. The van der Waals surface area contributed by atoms with E-state index in [1.165, 1.54) is 12.3 Å². The quantitative estimate of drug-likeness (QED) is 0.144. The van der Waals surface area contributed by atoms with E-state index in [2.05, 4.69) is 9.97 Å². The molecule has 0 saturated carbocycles. The Morgan fingerprint density at radius 3 is 1.86 bits per heavy atom. The molecule has 0 radical (unpaired) electrons. The summed E-state index contributed by atoms with van der Waals surface area (Å²) in [6, 6.07) is 2.45. The van der Waals surface area contributed by atoms with E-state index in [4.69, 9.17) is 26.2 Å². The van der Waals surface area contributed by atoms with Crippen molar-refractivity contribution in [1.29, 1.82) is 0 Å². The number of Topliss-reactive ketones (excluding diaryl/α,β-unsaturated/α-hetero) is 3.